The second-order valence-electron chi connectivity index (χ2n) is 5.70. The van der Waals surface area contributed by atoms with Crippen LogP contribution in [0.5, 0.6) is 11.5 Å². The van der Waals surface area contributed by atoms with Crippen molar-refractivity contribution in [1.29, 1.82) is 0 Å². The molecule has 1 amide bonds. The lowest BCUT2D eigenvalue weighted by molar-refractivity contribution is -0.116. The lowest BCUT2D eigenvalue weighted by atomic mass is 10.3. The van der Waals surface area contributed by atoms with Gasteiger partial charge in [-0.25, -0.2) is 8.42 Å². The lowest BCUT2D eigenvalue weighted by Crippen LogP contribution is -2.37. The summed E-state index contributed by atoms with van der Waals surface area (Å²) in [6.45, 7) is 3.65. The minimum Gasteiger partial charge on any atom is -0.495 e. The van der Waals surface area contributed by atoms with Crippen LogP contribution in [0.4, 0.5) is 5.69 Å². The number of halogens is 1. The van der Waals surface area contributed by atoms with E-state index in [4.69, 9.17) is 21.1 Å². The molecule has 2 aromatic rings. The van der Waals surface area contributed by atoms with Gasteiger partial charge in [0.2, 0.25) is 15.9 Å². The Morgan fingerprint density at radius 1 is 1.14 bits per heavy atom. The summed E-state index contributed by atoms with van der Waals surface area (Å²) in [7, 11) is -2.42. The van der Waals surface area contributed by atoms with E-state index < -0.39 is 15.9 Å². The number of hydrogen-bond donors (Lipinski definition) is 1. The fraction of sp³-hybridized carbons (Fsp3) is 0.316. The number of hydrogen-bond acceptors (Lipinski definition) is 5. The highest BCUT2D eigenvalue weighted by Gasteiger charge is 2.26. The number of nitrogens with zero attached hydrogens (tertiary/aromatic N) is 1. The third kappa shape index (κ3) is 5.15. The van der Waals surface area contributed by atoms with E-state index in [9.17, 15) is 13.2 Å². The Labute approximate surface area is 170 Å². The van der Waals surface area contributed by atoms with Crippen LogP contribution in [0.1, 0.15) is 13.8 Å². The number of carbonyl (C=O) groups excluding carboxylic acids is 1. The molecule has 0 aliphatic rings. The van der Waals surface area contributed by atoms with Crippen LogP contribution in [0.3, 0.4) is 0 Å². The minimum atomic E-state index is -3.91. The van der Waals surface area contributed by atoms with Crippen molar-refractivity contribution in [3.63, 3.8) is 0 Å². The van der Waals surface area contributed by atoms with Crippen LogP contribution in [0.2, 0.25) is 5.02 Å². The number of carbonyl (C=O) groups is 1. The lowest BCUT2D eigenvalue weighted by Gasteiger charge is -2.21. The van der Waals surface area contributed by atoms with E-state index in [2.05, 4.69) is 5.32 Å². The third-order valence-corrected chi connectivity index (χ3v) is 6.11. The quantitative estimate of drug-likeness (QED) is 0.664. The van der Waals surface area contributed by atoms with Gasteiger partial charge in [-0.15, -0.1) is 0 Å². The first kappa shape index (κ1) is 22.0. The SMILES string of the molecule is CCOc1ccc(S(=O)(=O)N(CC)CC(=O)Nc2ccccc2OC)cc1Cl. The van der Waals surface area contributed by atoms with E-state index >= 15 is 0 Å². The molecule has 0 radical (unpaired) electrons. The van der Waals surface area contributed by atoms with Crippen molar-refractivity contribution >= 4 is 33.2 Å². The van der Waals surface area contributed by atoms with E-state index in [0.29, 0.717) is 23.8 Å². The van der Waals surface area contributed by atoms with Gasteiger partial charge in [-0.2, -0.15) is 4.31 Å². The number of rotatable bonds is 9. The second-order valence-corrected chi connectivity index (χ2v) is 8.05. The van der Waals surface area contributed by atoms with Gasteiger partial charge in [0, 0.05) is 6.54 Å². The van der Waals surface area contributed by atoms with E-state index in [1.165, 1.54) is 25.3 Å². The van der Waals surface area contributed by atoms with Crippen LogP contribution in [-0.4, -0.2) is 45.4 Å². The Balaban J connectivity index is 2.19. The topological polar surface area (TPSA) is 84.9 Å². The molecule has 9 heteroatoms. The first-order chi connectivity index (χ1) is 13.3. The number of amides is 1. The molecule has 0 aromatic heterocycles. The predicted octanol–water partition coefficient (Wildman–Crippen LogP) is 3.40. The van der Waals surface area contributed by atoms with Gasteiger partial charge in [0.15, 0.2) is 0 Å². The molecule has 28 heavy (non-hydrogen) atoms. The molecule has 2 rings (SSSR count). The Bertz CT molecular complexity index is 934. The molecule has 0 saturated carbocycles. The summed E-state index contributed by atoms with van der Waals surface area (Å²) < 4.78 is 37.4. The third-order valence-electron chi connectivity index (χ3n) is 3.89. The van der Waals surface area contributed by atoms with Crippen LogP contribution < -0.4 is 14.8 Å². The summed E-state index contributed by atoms with van der Waals surface area (Å²) >= 11 is 6.11. The van der Waals surface area contributed by atoms with E-state index in [1.807, 2.05) is 0 Å². The fourth-order valence-electron chi connectivity index (χ4n) is 2.53. The van der Waals surface area contributed by atoms with Gasteiger partial charge in [-0.05, 0) is 37.3 Å². The molecule has 152 valence electrons. The highest BCUT2D eigenvalue weighted by Crippen LogP contribution is 2.29. The van der Waals surface area contributed by atoms with Gasteiger partial charge in [-0.3, -0.25) is 4.79 Å². The Hall–Kier alpha value is -2.29. The largest absolute Gasteiger partial charge is 0.495 e. The normalized spacial score (nSPS) is 11.3. The number of benzene rings is 2. The summed E-state index contributed by atoms with van der Waals surface area (Å²) in [4.78, 5) is 12.4. The van der Waals surface area contributed by atoms with Crippen molar-refractivity contribution in [2.45, 2.75) is 18.7 Å². The van der Waals surface area contributed by atoms with Crippen LogP contribution in [0, 0.1) is 0 Å². The molecule has 0 fully saturated rings. The maximum atomic E-state index is 12.9. The summed E-state index contributed by atoms with van der Waals surface area (Å²) in [5, 5.41) is 2.86. The minimum absolute atomic E-state index is 0.00658. The number of anilines is 1. The number of ether oxygens (including phenoxy) is 2. The molecule has 0 saturated heterocycles. The van der Waals surface area contributed by atoms with Gasteiger partial charge in [0.25, 0.3) is 0 Å². The molecule has 0 spiro atoms. The molecule has 0 unspecified atom stereocenters. The number of sulfonamides is 1. The monoisotopic (exact) mass is 426 g/mol. The van der Waals surface area contributed by atoms with Crippen LogP contribution in [-0.2, 0) is 14.8 Å². The maximum Gasteiger partial charge on any atom is 0.243 e. The van der Waals surface area contributed by atoms with Crippen molar-refractivity contribution in [3.05, 3.63) is 47.5 Å². The highest BCUT2D eigenvalue weighted by atomic mass is 35.5. The van der Waals surface area contributed by atoms with Crippen LogP contribution in [0.25, 0.3) is 0 Å². The summed E-state index contributed by atoms with van der Waals surface area (Å²) in [6, 6.07) is 11.1. The van der Waals surface area contributed by atoms with Crippen molar-refractivity contribution in [2.24, 2.45) is 0 Å². The van der Waals surface area contributed by atoms with Crippen LogP contribution >= 0.6 is 11.6 Å². The van der Waals surface area contributed by atoms with Gasteiger partial charge in [0.1, 0.15) is 11.5 Å². The van der Waals surface area contributed by atoms with E-state index in [0.717, 1.165) is 4.31 Å². The van der Waals surface area contributed by atoms with E-state index in [-0.39, 0.29) is 23.0 Å². The molecule has 0 heterocycles. The molecular weight excluding hydrogens is 404 g/mol. The number of methoxy groups -OCH3 is 1. The fourth-order valence-corrected chi connectivity index (χ4v) is 4.26. The Morgan fingerprint density at radius 3 is 2.46 bits per heavy atom. The first-order valence-corrected chi connectivity index (χ1v) is 10.5. The molecular formula is C19H23ClN2O5S. The van der Waals surface area contributed by atoms with Gasteiger partial charge in [0.05, 0.1) is 35.9 Å². The van der Waals surface area contributed by atoms with E-state index in [1.54, 1.807) is 38.1 Å². The van der Waals surface area contributed by atoms with Crippen molar-refractivity contribution in [2.75, 3.05) is 32.1 Å². The smallest absolute Gasteiger partial charge is 0.243 e. The summed E-state index contributed by atoms with van der Waals surface area (Å²) in [5.41, 5.74) is 0.465. The summed E-state index contributed by atoms with van der Waals surface area (Å²) in [5.74, 6) is 0.409. The number of para-hydroxylation sites is 2. The zero-order valence-corrected chi connectivity index (χ0v) is 17.5. The molecule has 0 bridgehead atoms. The average Bonchev–Trinajstić information content (AvgIpc) is 2.68. The van der Waals surface area contributed by atoms with Crippen LogP contribution in [0.15, 0.2) is 47.4 Å². The molecule has 0 atom stereocenters. The highest BCUT2D eigenvalue weighted by molar-refractivity contribution is 7.89. The predicted molar refractivity (Wildman–Crippen MR) is 109 cm³/mol. The number of nitrogens with one attached hydrogen (secondary N) is 1. The first-order valence-electron chi connectivity index (χ1n) is 8.68. The molecule has 1 N–H and O–H groups in total. The Morgan fingerprint density at radius 2 is 1.86 bits per heavy atom. The zero-order valence-electron chi connectivity index (χ0n) is 15.9. The van der Waals surface area contributed by atoms with Gasteiger partial charge < -0.3 is 14.8 Å². The summed E-state index contributed by atoms with van der Waals surface area (Å²) in [6.07, 6.45) is 0. The molecule has 2 aromatic carbocycles. The average molecular weight is 427 g/mol. The van der Waals surface area contributed by atoms with Crippen molar-refractivity contribution in [1.82, 2.24) is 4.31 Å². The number of likely N-dealkylation sites (N-methyl/N-ethyl adjacent to an activating group) is 1. The molecule has 0 aliphatic heterocycles. The standard InChI is InChI=1S/C19H23ClN2O5S/c1-4-22(13-19(23)21-16-8-6-7-9-18(16)26-3)28(24,25)14-10-11-17(27-5-2)15(20)12-14/h6-12H,4-5,13H2,1-3H3,(H,21,23). The molecule has 7 nitrogen and oxygen atoms in total. The van der Waals surface area contributed by atoms with Crippen molar-refractivity contribution < 1.29 is 22.7 Å². The zero-order chi connectivity index (χ0) is 20.7. The second kappa shape index (κ2) is 9.77. The maximum absolute atomic E-state index is 12.9. The van der Waals surface area contributed by atoms with Gasteiger partial charge in [-0.1, -0.05) is 30.7 Å². The van der Waals surface area contributed by atoms with Crippen molar-refractivity contribution in [3.8, 4) is 11.5 Å². The molecule has 0 aliphatic carbocycles. The van der Waals surface area contributed by atoms with Gasteiger partial charge >= 0.3 is 0 Å². The Kier molecular flexibility index (Phi) is 7.68.